The van der Waals surface area contributed by atoms with Crippen molar-refractivity contribution in [3.63, 3.8) is 0 Å². The Bertz CT molecular complexity index is 1650. The topological polar surface area (TPSA) is 172 Å². The first kappa shape index (κ1) is 26.4. The number of benzene rings is 4. The van der Waals surface area contributed by atoms with E-state index in [-0.39, 0.29) is 22.8 Å². The SMILES string of the molecule is N#C/C(N)=C(\C#N)N=Cc1ccc2ccccc2c1.N#C/C(N)=C(\C#N)N=Cc1ccc2ccccc2c1. The first-order valence-electron chi connectivity index (χ1n) is 11.1. The molecule has 0 unspecified atom stereocenters. The van der Waals surface area contributed by atoms with E-state index in [0.717, 1.165) is 32.7 Å². The zero-order valence-corrected chi connectivity index (χ0v) is 20.1. The van der Waals surface area contributed by atoms with Gasteiger partial charge < -0.3 is 11.5 Å². The molecular weight excluding hydrogens is 472 g/mol. The molecule has 0 saturated carbocycles. The number of fused-ring (bicyclic) bond motifs is 2. The second-order valence-electron chi connectivity index (χ2n) is 7.70. The van der Waals surface area contributed by atoms with Crippen molar-refractivity contribution in [2.75, 3.05) is 0 Å². The summed E-state index contributed by atoms with van der Waals surface area (Å²) in [6.45, 7) is 0. The summed E-state index contributed by atoms with van der Waals surface area (Å²) in [5.74, 6) is 0. The van der Waals surface area contributed by atoms with E-state index in [2.05, 4.69) is 9.98 Å². The lowest BCUT2D eigenvalue weighted by Gasteiger charge is -1.98. The molecule has 0 bridgehead atoms. The molecule has 0 aliphatic rings. The maximum absolute atomic E-state index is 8.82. The van der Waals surface area contributed by atoms with Crippen LogP contribution in [0.3, 0.4) is 0 Å². The number of hydrogen-bond donors (Lipinski definition) is 2. The number of rotatable bonds is 4. The van der Waals surface area contributed by atoms with Crippen LogP contribution in [0.25, 0.3) is 21.5 Å². The summed E-state index contributed by atoms with van der Waals surface area (Å²) in [4.78, 5) is 7.87. The van der Waals surface area contributed by atoms with Crippen LogP contribution in [-0.2, 0) is 0 Å². The van der Waals surface area contributed by atoms with Gasteiger partial charge in [-0.05, 0) is 44.8 Å². The van der Waals surface area contributed by atoms with Crippen LogP contribution in [0.15, 0.2) is 118 Å². The van der Waals surface area contributed by atoms with E-state index in [4.69, 9.17) is 32.5 Å². The number of hydrogen-bond acceptors (Lipinski definition) is 8. The van der Waals surface area contributed by atoms with E-state index in [1.54, 1.807) is 24.3 Å². The van der Waals surface area contributed by atoms with Gasteiger partial charge in [0.15, 0.2) is 11.4 Å². The molecule has 8 nitrogen and oxygen atoms in total. The predicted octanol–water partition coefficient (Wildman–Crippen LogP) is 4.95. The lowest BCUT2D eigenvalue weighted by molar-refractivity contribution is 1.27. The van der Waals surface area contributed by atoms with E-state index >= 15 is 0 Å². The average molecular weight is 493 g/mol. The third-order valence-electron chi connectivity index (χ3n) is 5.20. The molecule has 0 aromatic heterocycles. The number of nitriles is 4. The molecule has 0 saturated heterocycles. The zero-order chi connectivity index (χ0) is 27.3. The van der Waals surface area contributed by atoms with Crippen molar-refractivity contribution in [2.45, 2.75) is 0 Å². The molecule has 4 N–H and O–H groups in total. The Labute approximate surface area is 219 Å². The van der Waals surface area contributed by atoms with E-state index in [9.17, 15) is 0 Å². The number of allylic oxidation sites excluding steroid dienone is 4. The molecule has 4 aromatic rings. The Kier molecular flexibility index (Phi) is 9.04. The second-order valence-corrected chi connectivity index (χ2v) is 7.70. The summed E-state index contributed by atoms with van der Waals surface area (Å²) in [7, 11) is 0. The molecule has 0 fully saturated rings. The fourth-order valence-electron chi connectivity index (χ4n) is 3.28. The molecule has 180 valence electrons. The van der Waals surface area contributed by atoms with Gasteiger partial charge in [0.05, 0.1) is 0 Å². The van der Waals surface area contributed by atoms with Crippen LogP contribution in [-0.4, -0.2) is 12.4 Å². The Morgan fingerprint density at radius 2 is 0.895 bits per heavy atom. The summed E-state index contributed by atoms with van der Waals surface area (Å²) < 4.78 is 0. The van der Waals surface area contributed by atoms with E-state index < -0.39 is 0 Å². The van der Waals surface area contributed by atoms with Gasteiger partial charge in [0, 0.05) is 12.4 Å². The van der Waals surface area contributed by atoms with Crippen LogP contribution >= 0.6 is 0 Å². The van der Waals surface area contributed by atoms with E-state index in [1.165, 1.54) is 12.4 Å². The quantitative estimate of drug-likeness (QED) is 0.301. The maximum atomic E-state index is 8.82. The molecule has 38 heavy (non-hydrogen) atoms. The summed E-state index contributed by atoms with van der Waals surface area (Å²) in [5.41, 5.74) is 11.9. The minimum absolute atomic E-state index is 0.0735. The van der Waals surface area contributed by atoms with Gasteiger partial charge in [-0.15, -0.1) is 0 Å². The summed E-state index contributed by atoms with van der Waals surface area (Å²) >= 11 is 0. The first-order valence-corrected chi connectivity index (χ1v) is 11.1. The van der Waals surface area contributed by atoms with Crippen LogP contribution in [0, 0.1) is 45.3 Å². The highest BCUT2D eigenvalue weighted by Crippen LogP contribution is 2.16. The van der Waals surface area contributed by atoms with Crippen molar-refractivity contribution in [2.24, 2.45) is 21.5 Å². The minimum Gasteiger partial charge on any atom is -0.388 e. The van der Waals surface area contributed by atoms with Crippen LogP contribution in [0.4, 0.5) is 0 Å². The van der Waals surface area contributed by atoms with Crippen LogP contribution in [0.1, 0.15) is 11.1 Å². The third-order valence-corrected chi connectivity index (χ3v) is 5.20. The lowest BCUT2D eigenvalue weighted by Crippen LogP contribution is -1.97. The Morgan fingerprint density at radius 3 is 1.24 bits per heavy atom. The first-order chi connectivity index (χ1) is 18.5. The molecule has 4 rings (SSSR count). The highest BCUT2D eigenvalue weighted by molar-refractivity contribution is 5.91. The van der Waals surface area contributed by atoms with Gasteiger partial charge in [0.1, 0.15) is 35.7 Å². The summed E-state index contributed by atoms with van der Waals surface area (Å²) in [6.07, 6.45) is 3.05. The molecule has 0 spiro atoms. The van der Waals surface area contributed by atoms with Gasteiger partial charge in [-0.1, -0.05) is 72.8 Å². The van der Waals surface area contributed by atoms with Crippen molar-refractivity contribution in [3.05, 3.63) is 119 Å². The van der Waals surface area contributed by atoms with Crippen molar-refractivity contribution in [1.29, 1.82) is 21.0 Å². The molecule has 0 atom stereocenters. The molecule has 0 amide bonds. The summed E-state index contributed by atoms with van der Waals surface area (Å²) in [5, 5.41) is 39.3. The van der Waals surface area contributed by atoms with Crippen molar-refractivity contribution >= 4 is 34.0 Å². The molecule has 0 aliphatic heterocycles. The number of nitrogens with zero attached hydrogens (tertiary/aromatic N) is 6. The molecular formula is C30H20N8. The zero-order valence-electron chi connectivity index (χ0n) is 20.1. The molecule has 0 aliphatic carbocycles. The molecule has 4 aromatic carbocycles. The average Bonchev–Trinajstić information content (AvgIpc) is 2.97. The Hall–Kier alpha value is -6.22. The largest absolute Gasteiger partial charge is 0.388 e. The van der Waals surface area contributed by atoms with Gasteiger partial charge in [-0.2, -0.15) is 21.0 Å². The molecule has 0 heterocycles. The van der Waals surface area contributed by atoms with E-state index in [1.807, 2.05) is 84.9 Å². The molecule has 0 radical (unpaired) electrons. The predicted molar refractivity (Wildman–Crippen MR) is 148 cm³/mol. The van der Waals surface area contributed by atoms with Crippen LogP contribution < -0.4 is 11.5 Å². The van der Waals surface area contributed by atoms with Gasteiger partial charge >= 0.3 is 0 Å². The second kappa shape index (κ2) is 13.0. The third kappa shape index (κ3) is 6.90. The van der Waals surface area contributed by atoms with Crippen molar-refractivity contribution < 1.29 is 0 Å². The monoisotopic (exact) mass is 492 g/mol. The summed E-state index contributed by atoms with van der Waals surface area (Å²) in [6, 6.07) is 34.5. The lowest BCUT2D eigenvalue weighted by atomic mass is 10.1. The van der Waals surface area contributed by atoms with Crippen molar-refractivity contribution in [1.82, 2.24) is 0 Å². The maximum Gasteiger partial charge on any atom is 0.174 e. The fraction of sp³-hybridized carbons (Fsp3) is 0. The van der Waals surface area contributed by atoms with Gasteiger partial charge in [0.25, 0.3) is 0 Å². The highest BCUT2D eigenvalue weighted by atomic mass is 14.8. The smallest absolute Gasteiger partial charge is 0.174 e. The van der Waals surface area contributed by atoms with Gasteiger partial charge in [0.2, 0.25) is 0 Å². The number of aliphatic imine (C=N–C) groups is 2. The van der Waals surface area contributed by atoms with Crippen LogP contribution in [0.5, 0.6) is 0 Å². The van der Waals surface area contributed by atoms with Crippen LogP contribution in [0.2, 0.25) is 0 Å². The molecule has 8 heteroatoms. The minimum atomic E-state index is -0.181. The Morgan fingerprint density at radius 1 is 0.526 bits per heavy atom. The fourth-order valence-corrected chi connectivity index (χ4v) is 3.28. The Balaban J connectivity index is 0.000000211. The van der Waals surface area contributed by atoms with Gasteiger partial charge in [-0.3, -0.25) is 0 Å². The van der Waals surface area contributed by atoms with Crippen molar-refractivity contribution in [3.8, 4) is 24.3 Å². The van der Waals surface area contributed by atoms with E-state index in [0.29, 0.717) is 0 Å². The van der Waals surface area contributed by atoms with Gasteiger partial charge in [-0.25, -0.2) is 9.98 Å². The number of nitrogens with two attached hydrogens (primary N) is 2. The normalized spacial score (nSPS) is 11.9. The standard InChI is InChI=1S/2C15H10N4/c2*16-8-14(18)15(9-17)19-10-11-5-6-12-3-1-2-4-13(12)7-11/h2*1-7,10H,18H2/b2*15-14-,19-10?. The highest BCUT2D eigenvalue weighted by Gasteiger charge is 2.00.